The zero-order chi connectivity index (χ0) is 16.1. The van der Waals surface area contributed by atoms with Crippen molar-refractivity contribution in [3.8, 4) is 0 Å². The molecule has 0 fully saturated rings. The van der Waals surface area contributed by atoms with Gasteiger partial charge < -0.3 is 5.32 Å². The van der Waals surface area contributed by atoms with Gasteiger partial charge in [0.25, 0.3) is 5.91 Å². The summed E-state index contributed by atoms with van der Waals surface area (Å²) in [6, 6.07) is 5.06. The first-order valence-corrected chi connectivity index (χ1v) is 6.74. The van der Waals surface area contributed by atoms with Crippen LogP contribution in [0.1, 0.15) is 23.1 Å². The highest BCUT2D eigenvalue weighted by atomic mass is 19.1. The topological polar surface area (TPSA) is 88.9 Å². The second-order valence-electron chi connectivity index (χ2n) is 4.54. The number of halogens is 1. The van der Waals surface area contributed by atoms with Crippen molar-refractivity contribution in [3.63, 3.8) is 0 Å². The van der Waals surface area contributed by atoms with Gasteiger partial charge in [-0.05, 0) is 38.1 Å². The summed E-state index contributed by atoms with van der Waals surface area (Å²) in [4.78, 5) is 27.7. The zero-order valence-electron chi connectivity index (χ0n) is 12.3. The quantitative estimate of drug-likeness (QED) is 0.866. The molecule has 0 saturated heterocycles. The predicted octanol–water partition coefficient (Wildman–Crippen LogP) is 1.11. The molecule has 0 bridgehead atoms. The average Bonchev–Trinajstić information content (AvgIpc) is 2.85. The molecule has 2 amide bonds. The van der Waals surface area contributed by atoms with Gasteiger partial charge in [0.1, 0.15) is 11.6 Å². The number of benzene rings is 1. The maximum atomic E-state index is 12.8. The van der Waals surface area contributed by atoms with Gasteiger partial charge >= 0.3 is 0 Å². The standard InChI is InChI=1S/C14H16FN5O2/c1-3-20-14(17-9(2)19-20)18-12(21)8-16-13(22)10-4-6-11(15)7-5-10/h4-7H,3,8H2,1-2H3,(H,16,22)(H,17,18,19,21). The first kappa shape index (κ1) is 15.6. The van der Waals surface area contributed by atoms with E-state index in [-0.39, 0.29) is 12.1 Å². The van der Waals surface area contributed by atoms with Crippen LogP contribution in [0.3, 0.4) is 0 Å². The normalized spacial score (nSPS) is 10.3. The highest BCUT2D eigenvalue weighted by Gasteiger charge is 2.12. The Kier molecular flexibility index (Phi) is 4.82. The maximum absolute atomic E-state index is 12.8. The molecule has 0 spiro atoms. The minimum absolute atomic E-state index is 0.216. The van der Waals surface area contributed by atoms with Crippen LogP contribution in [0.15, 0.2) is 24.3 Å². The van der Waals surface area contributed by atoms with Crippen molar-refractivity contribution in [3.05, 3.63) is 41.5 Å². The molecule has 116 valence electrons. The number of aromatic nitrogens is 3. The molecule has 2 aromatic rings. The monoisotopic (exact) mass is 305 g/mol. The fraction of sp³-hybridized carbons (Fsp3) is 0.286. The molecule has 0 saturated carbocycles. The summed E-state index contributed by atoms with van der Waals surface area (Å²) in [5, 5.41) is 9.13. The van der Waals surface area contributed by atoms with Crippen LogP contribution in [-0.2, 0) is 11.3 Å². The molecule has 1 aromatic heterocycles. The molecule has 2 N–H and O–H groups in total. The third-order valence-electron chi connectivity index (χ3n) is 2.84. The fourth-order valence-electron chi connectivity index (χ4n) is 1.80. The Labute approximate surface area is 126 Å². The summed E-state index contributed by atoms with van der Waals surface area (Å²) in [5.41, 5.74) is 0.279. The number of nitrogens with zero attached hydrogens (tertiary/aromatic N) is 3. The van der Waals surface area contributed by atoms with Crippen LogP contribution >= 0.6 is 0 Å². The number of carbonyl (C=O) groups is 2. The zero-order valence-corrected chi connectivity index (χ0v) is 12.3. The van der Waals surface area contributed by atoms with E-state index in [2.05, 4.69) is 20.7 Å². The molecule has 7 nitrogen and oxygen atoms in total. The Balaban J connectivity index is 1.89. The molecule has 1 aromatic carbocycles. The van der Waals surface area contributed by atoms with Gasteiger partial charge in [-0.2, -0.15) is 10.1 Å². The predicted molar refractivity (Wildman–Crippen MR) is 77.8 cm³/mol. The molecule has 22 heavy (non-hydrogen) atoms. The summed E-state index contributed by atoms with van der Waals surface area (Å²) in [6.07, 6.45) is 0. The van der Waals surface area contributed by atoms with Crippen LogP contribution in [0, 0.1) is 12.7 Å². The van der Waals surface area contributed by atoms with Crippen LogP contribution < -0.4 is 10.6 Å². The number of hydrogen-bond acceptors (Lipinski definition) is 4. The number of aryl methyl sites for hydroxylation is 2. The number of rotatable bonds is 5. The van der Waals surface area contributed by atoms with Crippen molar-refractivity contribution in [2.24, 2.45) is 0 Å². The van der Waals surface area contributed by atoms with E-state index in [1.54, 1.807) is 11.6 Å². The molecule has 0 aliphatic carbocycles. The number of nitrogens with one attached hydrogen (secondary N) is 2. The van der Waals surface area contributed by atoms with Gasteiger partial charge in [-0.1, -0.05) is 0 Å². The summed E-state index contributed by atoms with van der Waals surface area (Å²) in [7, 11) is 0. The molecule has 8 heteroatoms. The minimum atomic E-state index is -0.455. The van der Waals surface area contributed by atoms with Crippen LogP contribution in [0.25, 0.3) is 0 Å². The Morgan fingerprint density at radius 3 is 2.59 bits per heavy atom. The summed E-state index contributed by atoms with van der Waals surface area (Å²) in [5.74, 6) is -0.419. The molecule has 0 radical (unpaired) electrons. The van der Waals surface area contributed by atoms with Gasteiger partial charge in [-0.3, -0.25) is 14.9 Å². The number of hydrogen-bond donors (Lipinski definition) is 2. The van der Waals surface area contributed by atoms with E-state index in [0.29, 0.717) is 18.3 Å². The minimum Gasteiger partial charge on any atom is -0.343 e. The van der Waals surface area contributed by atoms with Gasteiger partial charge in [0.2, 0.25) is 11.9 Å². The molecular formula is C14H16FN5O2. The third kappa shape index (κ3) is 3.87. The van der Waals surface area contributed by atoms with Gasteiger partial charge in [0, 0.05) is 12.1 Å². The summed E-state index contributed by atoms with van der Waals surface area (Å²) >= 11 is 0. The Morgan fingerprint density at radius 2 is 1.95 bits per heavy atom. The second kappa shape index (κ2) is 6.79. The maximum Gasteiger partial charge on any atom is 0.251 e. The fourth-order valence-corrected chi connectivity index (χ4v) is 1.80. The lowest BCUT2D eigenvalue weighted by molar-refractivity contribution is -0.115. The summed E-state index contributed by atoms with van der Waals surface area (Å²) < 4.78 is 14.3. The van der Waals surface area contributed by atoms with Crippen molar-refractivity contribution in [2.45, 2.75) is 20.4 Å². The van der Waals surface area contributed by atoms with E-state index < -0.39 is 17.6 Å². The van der Waals surface area contributed by atoms with E-state index in [4.69, 9.17) is 0 Å². The molecule has 2 rings (SSSR count). The lowest BCUT2D eigenvalue weighted by Crippen LogP contribution is -2.33. The molecular weight excluding hydrogens is 289 g/mol. The molecule has 0 unspecified atom stereocenters. The largest absolute Gasteiger partial charge is 0.343 e. The number of amides is 2. The van der Waals surface area contributed by atoms with Crippen molar-refractivity contribution in [1.82, 2.24) is 20.1 Å². The molecule has 0 aliphatic heterocycles. The van der Waals surface area contributed by atoms with Gasteiger partial charge in [0.15, 0.2) is 0 Å². The Morgan fingerprint density at radius 1 is 1.27 bits per heavy atom. The van der Waals surface area contributed by atoms with Gasteiger partial charge in [-0.15, -0.1) is 0 Å². The third-order valence-corrected chi connectivity index (χ3v) is 2.84. The van der Waals surface area contributed by atoms with E-state index in [9.17, 15) is 14.0 Å². The Bertz CT molecular complexity index is 681. The Hall–Kier alpha value is -2.77. The molecule has 0 aliphatic rings. The van der Waals surface area contributed by atoms with Gasteiger partial charge in [0.05, 0.1) is 6.54 Å². The van der Waals surface area contributed by atoms with Crippen LogP contribution in [-0.4, -0.2) is 33.1 Å². The van der Waals surface area contributed by atoms with Crippen LogP contribution in [0.4, 0.5) is 10.3 Å². The van der Waals surface area contributed by atoms with Crippen molar-refractivity contribution in [2.75, 3.05) is 11.9 Å². The smallest absolute Gasteiger partial charge is 0.251 e. The van der Waals surface area contributed by atoms with Crippen molar-refractivity contribution in [1.29, 1.82) is 0 Å². The summed E-state index contributed by atoms with van der Waals surface area (Å²) in [6.45, 7) is 3.95. The number of carbonyl (C=O) groups excluding carboxylic acids is 2. The highest BCUT2D eigenvalue weighted by Crippen LogP contribution is 2.04. The van der Waals surface area contributed by atoms with Gasteiger partial charge in [-0.25, -0.2) is 9.07 Å². The SMILES string of the molecule is CCn1nc(C)nc1NC(=O)CNC(=O)c1ccc(F)cc1. The lowest BCUT2D eigenvalue weighted by atomic mass is 10.2. The van der Waals surface area contributed by atoms with E-state index in [1.807, 2.05) is 6.92 Å². The molecule has 0 atom stereocenters. The second-order valence-corrected chi connectivity index (χ2v) is 4.54. The molecule has 1 heterocycles. The van der Waals surface area contributed by atoms with E-state index in [1.165, 1.54) is 24.3 Å². The lowest BCUT2D eigenvalue weighted by Gasteiger charge is -2.07. The van der Waals surface area contributed by atoms with Crippen molar-refractivity contribution >= 4 is 17.8 Å². The van der Waals surface area contributed by atoms with Crippen molar-refractivity contribution < 1.29 is 14.0 Å². The first-order chi connectivity index (χ1) is 10.5. The van der Waals surface area contributed by atoms with E-state index in [0.717, 1.165) is 0 Å². The average molecular weight is 305 g/mol. The first-order valence-electron chi connectivity index (χ1n) is 6.74. The van der Waals surface area contributed by atoms with E-state index >= 15 is 0 Å². The van der Waals surface area contributed by atoms with Crippen LogP contribution in [0.2, 0.25) is 0 Å². The van der Waals surface area contributed by atoms with Crippen LogP contribution in [0.5, 0.6) is 0 Å². The highest BCUT2D eigenvalue weighted by molar-refractivity contribution is 5.98. The number of anilines is 1.